The SMILES string of the molecule is C/C=C/c1cnc(C/C=C/c2cnc(C)cc2C(=O)O)cc1C(=O)O. The number of aryl methyl sites for hydroxylation is 1. The van der Waals surface area contributed by atoms with Gasteiger partial charge in [-0.15, -0.1) is 0 Å². The molecule has 2 N–H and O–H groups in total. The third-order valence-corrected chi connectivity index (χ3v) is 3.49. The number of carboxylic acid groups (broad SMARTS) is 2. The van der Waals surface area contributed by atoms with Crippen LogP contribution >= 0.6 is 0 Å². The van der Waals surface area contributed by atoms with Gasteiger partial charge in [0.05, 0.1) is 11.1 Å². The number of aromatic nitrogens is 2. The van der Waals surface area contributed by atoms with Gasteiger partial charge in [-0.05, 0) is 26.0 Å². The Bertz CT molecular complexity index is 870. The number of hydrogen-bond donors (Lipinski definition) is 2. The van der Waals surface area contributed by atoms with Crippen molar-refractivity contribution >= 4 is 24.1 Å². The van der Waals surface area contributed by atoms with Gasteiger partial charge in [0, 0.05) is 41.3 Å². The molecule has 0 saturated carbocycles. The average molecular weight is 338 g/mol. The van der Waals surface area contributed by atoms with Gasteiger partial charge in [-0.3, -0.25) is 9.97 Å². The van der Waals surface area contributed by atoms with Crippen molar-refractivity contribution in [2.45, 2.75) is 20.3 Å². The summed E-state index contributed by atoms with van der Waals surface area (Å²) in [6, 6.07) is 3.03. The van der Waals surface area contributed by atoms with Crippen molar-refractivity contribution in [1.29, 1.82) is 0 Å². The Balaban J connectivity index is 2.24. The monoisotopic (exact) mass is 338 g/mol. The first-order valence-corrected chi connectivity index (χ1v) is 7.63. The molecule has 0 amide bonds. The van der Waals surface area contributed by atoms with Gasteiger partial charge in [0.25, 0.3) is 0 Å². The van der Waals surface area contributed by atoms with Crippen molar-refractivity contribution in [3.8, 4) is 0 Å². The first kappa shape index (κ1) is 18.1. The van der Waals surface area contributed by atoms with E-state index in [0.717, 1.165) is 0 Å². The molecule has 128 valence electrons. The standard InChI is InChI=1S/C19H18N2O4/c1-3-5-13-11-21-15(9-17(13)19(24)25)7-4-6-14-10-20-12(2)8-16(14)18(22)23/h3-6,8-11H,7H2,1-2H3,(H,22,23)(H,24,25)/b5-3+,6-4+. The van der Waals surface area contributed by atoms with E-state index < -0.39 is 11.9 Å². The van der Waals surface area contributed by atoms with Gasteiger partial charge in [0.15, 0.2) is 0 Å². The quantitative estimate of drug-likeness (QED) is 0.836. The molecular formula is C19H18N2O4. The van der Waals surface area contributed by atoms with Crippen LogP contribution in [0.4, 0.5) is 0 Å². The molecule has 0 spiro atoms. The summed E-state index contributed by atoms with van der Waals surface area (Å²) in [6.07, 6.45) is 10.2. The Morgan fingerprint density at radius 2 is 1.60 bits per heavy atom. The molecule has 2 rings (SSSR count). The number of aromatic carboxylic acids is 2. The minimum absolute atomic E-state index is 0.173. The Morgan fingerprint density at radius 3 is 2.24 bits per heavy atom. The molecule has 0 aliphatic rings. The summed E-state index contributed by atoms with van der Waals surface area (Å²) in [7, 11) is 0. The molecule has 0 aliphatic carbocycles. The molecule has 2 aromatic heterocycles. The van der Waals surface area contributed by atoms with Crippen LogP contribution in [0.15, 0.2) is 36.7 Å². The van der Waals surface area contributed by atoms with Crippen molar-refractivity contribution < 1.29 is 19.8 Å². The Hall–Kier alpha value is -3.28. The van der Waals surface area contributed by atoms with Crippen molar-refractivity contribution in [1.82, 2.24) is 9.97 Å². The number of hydrogen-bond acceptors (Lipinski definition) is 4. The van der Waals surface area contributed by atoms with Gasteiger partial charge in [-0.1, -0.05) is 24.3 Å². The molecule has 0 bridgehead atoms. The zero-order valence-electron chi connectivity index (χ0n) is 13.9. The zero-order chi connectivity index (χ0) is 18.4. The number of nitrogens with zero attached hydrogens (tertiary/aromatic N) is 2. The smallest absolute Gasteiger partial charge is 0.336 e. The van der Waals surface area contributed by atoms with Crippen molar-refractivity contribution in [3.63, 3.8) is 0 Å². The second-order valence-corrected chi connectivity index (χ2v) is 5.39. The Labute approximate surface area is 145 Å². The van der Waals surface area contributed by atoms with Gasteiger partial charge in [0.1, 0.15) is 0 Å². The maximum Gasteiger partial charge on any atom is 0.336 e. The topological polar surface area (TPSA) is 100 Å². The highest BCUT2D eigenvalue weighted by atomic mass is 16.4. The highest BCUT2D eigenvalue weighted by Gasteiger charge is 2.10. The predicted molar refractivity (Wildman–Crippen MR) is 94.6 cm³/mol. The lowest BCUT2D eigenvalue weighted by Crippen LogP contribution is -2.03. The highest BCUT2D eigenvalue weighted by Crippen LogP contribution is 2.15. The first-order chi connectivity index (χ1) is 11.9. The Kier molecular flexibility index (Phi) is 5.79. The lowest BCUT2D eigenvalue weighted by Gasteiger charge is -2.04. The van der Waals surface area contributed by atoms with Crippen molar-refractivity contribution in [2.24, 2.45) is 0 Å². The molecule has 0 aliphatic heterocycles. The number of pyridine rings is 2. The molecule has 0 saturated heterocycles. The summed E-state index contributed by atoms with van der Waals surface area (Å²) in [5.74, 6) is -2.04. The minimum atomic E-state index is -1.02. The number of carboxylic acids is 2. The molecule has 0 aromatic carbocycles. The number of rotatable bonds is 6. The summed E-state index contributed by atoms with van der Waals surface area (Å²) in [5, 5.41) is 18.5. The summed E-state index contributed by atoms with van der Waals surface area (Å²) in [4.78, 5) is 31.0. The van der Waals surface area contributed by atoms with E-state index in [2.05, 4.69) is 9.97 Å². The van der Waals surface area contributed by atoms with Crippen LogP contribution in [-0.2, 0) is 6.42 Å². The molecule has 6 nitrogen and oxygen atoms in total. The predicted octanol–water partition coefficient (Wildman–Crippen LogP) is 3.47. The molecule has 0 atom stereocenters. The normalized spacial score (nSPS) is 11.3. The van der Waals surface area contributed by atoms with Crippen LogP contribution in [0.25, 0.3) is 12.2 Å². The second-order valence-electron chi connectivity index (χ2n) is 5.39. The van der Waals surface area contributed by atoms with E-state index in [0.29, 0.717) is 28.9 Å². The lowest BCUT2D eigenvalue weighted by atomic mass is 10.1. The molecule has 0 unspecified atom stereocenters. The summed E-state index contributed by atoms with van der Waals surface area (Å²) in [6.45, 7) is 3.53. The van der Waals surface area contributed by atoms with Crippen molar-refractivity contribution in [2.75, 3.05) is 0 Å². The molecule has 0 fully saturated rings. The van der Waals surface area contributed by atoms with Crippen LogP contribution in [0.1, 0.15) is 50.2 Å². The van der Waals surface area contributed by atoms with E-state index in [-0.39, 0.29) is 11.1 Å². The molecule has 0 radical (unpaired) electrons. The second kappa shape index (κ2) is 8.01. The van der Waals surface area contributed by atoms with Gasteiger partial charge < -0.3 is 10.2 Å². The third-order valence-electron chi connectivity index (χ3n) is 3.49. The van der Waals surface area contributed by atoms with E-state index in [1.165, 1.54) is 24.5 Å². The van der Waals surface area contributed by atoms with Crippen LogP contribution in [0.2, 0.25) is 0 Å². The van der Waals surface area contributed by atoms with E-state index in [4.69, 9.17) is 0 Å². The summed E-state index contributed by atoms with van der Waals surface area (Å²) in [5.41, 5.74) is 2.59. The Morgan fingerprint density at radius 1 is 1.00 bits per heavy atom. The van der Waals surface area contributed by atoms with Gasteiger partial charge >= 0.3 is 11.9 Å². The zero-order valence-corrected chi connectivity index (χ0v) is 13.9. The molecule has 2 aromatic rings. The fraction of sp³-hybridized carbons (Fsp3) is 0.158. The average Bonchev–Trinajstić information content (AvgIpc) is 2.57. The van der Waals surface area contributed by atoms with E-state index in [1.54, 1.807) is 38.2 Å². The molecule has 6 heteroatoms. The lowest BCUT2D eigenvalue weighted by molar-refractivity contribution is 0.0685. The maximum atomic E-state index is 11.3. The highest BCUT2D eigenvalue weighted by molar-refractivity contribution is 5.92. The van der Waals surface area contributed by atoms with E-state index >= 15 is 0 Å². The fourth-order valence-corrected chi connectivity index (χ4v) is 2.31. The fourth-order valence-electron chi connectivity index (χ4n) is 2.31. The third kappa shape index (κ3) is 4.60. The molecule has 2 heterocycles. The number of carbonyl (C=O) groups is 2. The largest absolute Gasteiger partial charge is 0.478 e. The minimum Gasteiger partial charge on any atom is -0.478 e. The number of allylic oxidation sites excluding steroid dienone is 2. The van der Waals surface area contributed by atoms with Crippen molar-refractivity contribution in [3.05, 3.63) is 70.3 Å². The summed E-state index contributed by atoms with van der Waals surface area (Å²) >= 11 is 0. The van der Waals surface area contributed by atoms with Crippen LogP contribution in [0.5, 0.6) is 0 Å². The van der Waals surface area contributed by atoms with E-state index in [1.807, 2.05) is 0 Å². The van der Waals surface area contributed by atoms with E-state index in [9.17, 15) is 19.8 Å². The van der Waals surface area contributed by atoms with Crippen LogP contribution < -0.4 is 0 Å². The van der Waals surface area contributed by atoms with Gasteiger partial charge in [-0.2, -0.15) is 0 Å². The van der Waals surface area contributed by atoms with Gasteiger partial charge in [-0.25, -0.2) is 9.59 Å². The van der Waals surface area contributed by atoms with Gasteiger partial charge in [0.2, 0.25) is 0 Å². The summed E-state index contributed by atoms with van der Waals surface area (Å²) < 4.78 is 0. The molecule has 25 heavy (non-hydrogen) atoms. The van der Waals surface area contributed by atoms with Crippen LogP contribution in [-0.4, -0.2) is 32.1 Å². The van der Waals surface area contributed by atoms with Crippen LogP contribution in [0, 0.1) is 6.92 Å². The first-order valence-electron chi connectivity index (χ1n) is 7.63. The maximum absolute atomic E-state index is 11.3. The molecular weight excluding hydrogens is 320 g/mol. The van der Waals surface area contributed by atoms with Crippen LogP contribution in [0.3, 0.4) is 0 Å².